The minimum Gasteiger partial charge on any atom is -0.381 e. The number of anilines is 1. The van der Waals surface area contributed by atoms with Crippen molar-refractivity contribution in [2.75, 3.05) is 38.7 Å². The third kappa shape index (κ3) is 8.49. The lowest BCUT2D eigenvalue weighted by Gasteiger charge is -2.26. The molecule has 0 saturated heterocycles. The van der Waals surface area contributed by atoms with Crippen molar-refractivity contribution in [1.29, 1.82) is 0 Å². The van der Waals surface area contributed by atoms with Crippen molar-refractivity contribution < 1.29 is 9.53 Å². The smallest absolute Gasteiger partial charge is 0.225 e. The molecule has 1 aliphatic heterocycles. The van der Waals surface area contributed by atoms with Crippen LogP contribution in [-0.4, -0.2) is 45.2 Å². The number of ether oxygens (including phenoxy) is 1. The molecule has 0 spiro atoms. The van der Waals surface area contributed by atoms with E-state index in [1.165, 1.54) is 11.1 Å². The van der Waals surface area contributed by atoms with Crippen LogP contribution in [0.5, 0.6) is 0 Å². The number of carbonyl (C=O) groups excluding carboxylic acids is 1. The van der Waals surface area contributed by atoms with Crippen molar-refractivity contribution >= 4 is 41.5 Å². The van der Waals surface area contributed by atoms with Crippen LogP contribution in [0, 0.1) is 0 Å². The van der Waals surface area contributed by atoms with Crippen molar-refractivity contribution in [3.8, 4) is 0 Å². The zero-order chi connectivity index (χ0) is 21.0. The Morgan fingerprint density at radius 1 is 1.06 bits per heavy atom. The van der Waals surface area contributed by atoms with Crippen LogP contribution in [0.2, 0.25) is 0 Å². The Balaban J connectivity index is 0.00000341. The molecular formula is C24H33IN4O2. The molecule has 168 valence electrons. The van der Waals surface area contributed by atoms with Crippen molar-refractivity contribution in [3.63, 3.8) is 0 Å². The van der Waals surface area contributed by atoms with Crippen LogP contribution in [-0.2, 0) is 16.0 Å². The summed E-state index contributed by atoms with van der Waals surface area (Å²) in [5.41, 5.74) is 3.40. The lowest BCUT2D eigenvalue weighted by Crippen LogP contribution is -2.41. The first-order chi connectivity index (χ1) is 14.8. The van der Waals surface area contributed by atoms with Gasteiger partial charge < -0.3 is 20.7 Å². The van der Waals surface area contributed by atoms with Gasteiger partial charge in [-0.1, -0.05) is 48.5 Å². The van der Waals surface area contributed by atoms with E-state index in [-0.39, 0.29) is 35.8 Å². The van der Waals surface area contributed by atoms with Crippen LogP contribution in [0.4, 0.5) is 5.69 Å². The van der Waals surface area contributed by atoms with Gasteiger partial charge in [-0.25, -0.2) is 0 Å². The van der Waals surface area contributed by atoms with Crippen LogP contribution in [0.3, 0.4) is 0 Å². The van der Waals surface area contributed by atoms with Crippen molar-refractivity contribution in [2.24, 2.45) is 4.99 Å². The Bertz CT molecular complexity index is 829. The number of unbranched alkanes of at least 4 members (excludes halogenated alkanes) is 1. The van der Waals surface area contributed by atoms with Gasteiger partial charge in [-0.15, -0.1) is 24.0 Å². The van der Waals surface area contributed by atoms with E-state index in [0.29, 0.717) is 13.0 Å². The summed E-state index contributed by atoms with van der Waals surface area (Å²) >= 11 is 0. The number of hydrogen-bond donors (Lipinski definition) is 3. The number of halogens is 1. The second-order valence-electron chi connectivity index (χ2n) is 7.47. The Morgan fingerprint density at radius 2 is 1.84 bits per heavy atom. The van der Waals surface area contributed by atoms with Crippen molar-refractivity contribution in [3.05, 3.63) is 65.7 Å². The predicted octanol–water partition coefficient (Wildman–Crippen LogP) is 3.93. The highest BCUT2D eigenvalue weighted by molar-refractivity contribution is 14.0. The fourth-order valence-corrected chi connectivity index (χ4v) is 3.60. The number of guanidine groups is 1. The molecule has 0 saturated carbocycles. The number of hydrogen-bond acceptors (Lipinski definition) is 3. The lowest BCUT2D eigenvalue weighted by molar-refractivity contribution is -0.116. The quantitative estimate of drug-likeness (QED) is 0.186. The highest BCUT2D eigenvalue weighted by Crippen LogP contribution is 2.31. The number of fused-ring (bicyclic) bond motifs is 1. The molecule has 6 nitrogen and oxygen atoms in total. The maximum absolute atomic E-state index is 12.0. The summed E-state index contributed by atoms with van der Waals surface area (Å²) in [5, 5.41) is 9.64. The summed E-state index contributed by atoms with van der Waals surface area (Å²) in [4.78, 5) is 16.2. The standard InChI is InChI=1S/C24H32N4O2.HI/c1-25-24(26-14-7-8-15-30-16-13-19-9-3-2-4-10-19)27-18-20-17-23(29)28-22-12-6-5-11-21(20)22;/h2-6,9-12,20H,7-8,13-18H2,1H3,(H,28,29)(H2,25,26,27);1H. The lowest BCUT2D eigenvalue weighted by atomic mass is 9.90. The Hall–Kier alpha value is -2.13. The van der Waals surface area contributed by atoms with Crippen LogP contribution < -0.4 is 16.0 Å². The predicted molar refractivity (Wildman–Crippen MR) is 137 cm³/mol. The van der Waals surface area contributed by atoms with Gasteiger partial charge in [0.05, 0.1) is 6.61 Å². The number of para-hydroxylation sites is 1. The SMILES string of the molecule is CN=C(NCCCCOCCc1ccccc1)NCC1CC(=O)Nc2ccccc21.I. The maximum atomic E-state index is 12.0. The molecule has 1 amide bonds. The molecular weight excluding hydrogens is 503 g/mol. The van der Waals surface area contributed by atoms with Crippen molar-refractivity contribution in [1.82, 2.24) is 10.6 Å². The van der Waals surface area contributed by atoms with E-state index >= 15 is 0 Å². The first-order valence-electron chi connectivity index (χ1n) is 10.7. The zero-order valence-electron chi connectivity index (χ0n) is 18.1. The molecule has 1 aliphatic rings. The van der Waals surface area contributed by atoms with E-state index in [2.05, 4.69) is 51.3 Å². The molecule has 2 aromatic rings. The average Bonchev–Trinajstić information content (AvgIpc) is 2.78. The summed E-state index contributed by atoms with van der Waals surface area (Å²) in [6, 6.07) is 18.4. The summed E-state index contributed by atoms with van der Waals surface area (Å²) in [7, 11) is 1.77. The van der Waals surface area contributed by atoms with Gasteiger partial charge in [-0.2, -0.15) is 0 Å². The molecule has 1 heterocycles. The summed E-state index contributed by atoms with van der Waals surface area (Å²) in [5.74, 6) is 0.977. The molecule has 0 aromatic heterocycles. The summed E-state index contributed by atoms with van der Waals surface area (Å²) in [6.45, 7) is 3.04. The van der Waals surface area contributed by atoms with Crippen LogP contribution in [0.1, 0.15) is 36.3 Å². The van der Waals surface area contributed by atoms with Crippen LogP contribution in [0.25, 0.3) is 0 Å². The Morgan fingerprint density at radius 3 is 2.65 bits per heavy atom. The van der Waals surface area contributed by atoms with Crippen LogP contribution in [0.15, 0.2) is 59.6 Å². The Kier molecular flexibility index (Phi) is 11.4. The van der Waals surface area contributed by atoms with Gasteiger partial charge in [0.25, 0.3) is 0 Å². The van der Waals surface area contributed by atoms with E-state index in [1.807, 2.05) is 24.3 Å². The minimum absolute atomic E-state index is 0. The highest BCUT2D eigenvalue weighted by Gasteiger charge is 2.24. The third-order valence-corrected chi connectivity index (χ3v) is 5.23. The molecule has 0 fully saturated rings. The normalized spacial score (nSPS) is 15.5. The monoisotopic (exact) mass is 536 g/mol. The fraction of sp³-hybridized carbons (Fsp3) is 0.417. The van der Waals surface area contributed by atoms with Gasteiger partial charge >= 0.3 is 0 Å². The van der Waals surface area contributed by atoms with E-state index in [1.54, 1.807) is 7.05 Å². The van der Waals surface area contributed by atoms with Gasteiger partial charge in [0, 0.05) is 44.8 Å². The van der Waals surface area contributed by atoms with Gasteiger partial charge in [-0.3, -0.25) is 9.79 Å². The molecule has 31 heavy (non-hydrogen) atoms. The molecule has 0 radical (unpaired) electrons. The molecule has 7 heteroatoms. The molecule has 0 bridgehead atoms. The number of benzene rings is 2. The zero-order valence-corrected chi connectivity index (χ0v) is 20.4. The topological polar surface area (TPSA) is 74.8 Å². The number of nitrogens with one attached hydrogen (secondary N) is 3. The molecule has 2 aromatic carbocycles. The second kappa shape index (κ2) is 14.0. The number of amides is 1. The van der Waals surface area contributed by atoms with Crippen LogP contribution >= 0.6 is 24.0 Å². The summed E-state index contributed by atoms with van der Waals surface area (Å²) < 4.78 is 5.73. The Labute approximate surface area is 202 Å². The molecule has 1 unspecified atom stereocenters. The number of nitrogens with zero attached hydrogens (tertiary/aromatic N) is 1. The molecule has 0 aliphatic carbocycles. The van der Waals surface area contributed by atoms with Gasteiger partial charge in [-0.05, 0) is 36.5 Å². The highest BCUT2D eigenvalue weighted by atomic mass is 127. The van der Waals surface area contributed by atoms with Gasteiger partial charge in [0.1, 0.15) is 0 Å². The van der Waals surface area contributed by atoms with E-state index in [0.717, 1.165) is 50.7 Å². The van der Waals surface area contributed by atoms with E-state index in [9.17, 15) is 4.79 Å². The first kappa shape index (κ1) is 25.1. The minimum atomic E-state index is 0. The number of carbonyl (C=O) groups is 1. The maximum Gasteiger partial charge on any atom is 0.225 e. The molecule has 3 N–H and O–H groups in total. The fourth-order valence-electron chi connectivity index (χ4n) is 3.60. The second-order valence-corrected chi connectivity index (χ2v) is 7.47. The number of rotatable bonds is 10. The van der Waals surface area contributed by atoms with Gasteiger partial charge in [0.15, 0.2) is 5.96 Å². The average molecular weight is 536 g/mol. The first-order valence-corrected chi connectivity index (χ1v) is 10.7. The largest absolute Gasteiger partial charge is 0.381 e. The third-order valence-electron chi connectivity index (χ3n) is 5.23. The summed E-state index contributed by atoms with van der Waals surface area (Å²) in [6.07, 6.45) is 3.47. The molecule has 1 atom stereocenters. The van der Waals surface area contributed by atoms with Gasteiger partial charge in [0.2, 0.25) is 5.91 Å². The van der Waals surface area contributed by atoms with E-state index < -0.39 is 0 Å². The van der Waals surface area contributed by atoms with E-state index in [4.69, 9.17) is 4.74 Å². The number of aliphatic imine (C=N–C) groups is 1. The molecule has 3 rings (SSSR count). The van der Waals surface area contributed by atoms with Crippen molar-refractivity contribution in [2.45, 2.75) is 31.6 Å².